The Labute approximate surface area is 114 Å². The Balaban J connectivity index is 1.76. The highest BCUT2D eigenvalue weighted by Crippen LogP contribution is 2.08. The molecule has 2 aromatic rings. The van der Waals surface area contributed by atoms with Gasteiger partial charge in [-0.2, -0.15) is 0 Å². The maximum atomic E-state index is 5.61. The van der Waals surface area contributed by atoms with Crippen molar-refractivity contribution in [3.63, 3.8) is 0 Å². The highest BCUT2D eigenvalue weighted by atomic mass is 16.4. The molecule has 0 atom stereocenters. The van der Waals surface area contributed by atoms with Crippen LogP contribution in [0, 0.1) is 0 Å². The summed E-state index contributed by atoms with van der Waals surface area (Å²) in [5.41, 5.74) is 1.19. The van der Waals surface area contributed by atoms with Gasteiger partial charge in [-0.05, 0) is 18.5 Å². The summed E-state index contributed by atoms with van der Waals surface area (Å²) in [5.74, 6) is 1.35. The number of rotatable bonds is 8. The van der Waals surface area contributed by atoms with Gasteiger partial charge in [0.15, 0.2) is 0 Å². The van der Waals surface area contributed by atoms with E-state index in [1.54, 1.807) is 0 Å². The van der Waals surface area contributed by atoms with E-state index in [1.807, 2.05) is 18.2 Å². The summed E-state index contributed by atoms with van der Waals surface area (Å²) < 4.78 is 5.61. The molecule has 2 rings (SSSR count). The predicted octanol–water partition coefficient (Wildman–Crippen LogP) is 2.94. The second-order valence-corrected chi connectivity index (χ2v) is 4.64. The van der Waals surface area contributed by atoms with Crippen molar-refractivity contribution in [2.75, 3.05) is 6.54 Å². The first-order valence-electron chi connectivity index (χ1n) is 6.94. The van der Waals surface area contributed by atoms with Gasteiger partial charge in [0.1, 0.15) is 0 Å². The molecule has 0 aliphatic carbocycles. The van der Waals surface area contributed by atoms with E-state index in [0.29, 0.717) is 24.7 Å². The Bertz CT molecular complexity index is 467. The minimum Gasteiger partial charge on any atom is -0.424 e. The Morgan fingerprint density at radius 1 is 1.05 bits per heavy atom. The van der Waals surface area contributed by atoms with Crippen LogP contribution >= 0.6 is 0 Å². The van der Waals surface area contributed by atoms with E-state index in [9.17, 15) is 0 Å². The molecule has 0 radical (unpaired) electrons. The molecule has 19 heavy (non-hydrogen) atoms. The van der Waals surface area contributed by atoms with Crippen LogP contribution in [0.1, 0.15) is 43.5 Å². The van der Waals surface area contributed by atoms with Crippen LogP contribution in [0.3, 0.4) is 0 Å². The number of aromatic nitrogens is 2. The molecule has 0 saturated carbocycles. The van der Waals surface area contributed by atoms with Crippen molar-refractivity contribution in [2.24, 2.45) is 0 Å². The molecule has 4 nitrogen and oxygen atoms in total. The van der Waals surface area contributed by atoms with Gasteiger partial charge in [0, 0.05) is 0 Å². The van der Waals surface area contributed by atoms with Crippen molar-refractivity contribution in [1.29, 1.82) is 0 Å². The van der Waals surface area contributed by atoms with Crippen molar-refractivity contribution in [2.45, 2.75) is 39.2 Å². The first-order chi connectivity index (χ1) is 9.38. The molecule has 0 aliphatic rings. The number of hydrogen-bond donors (Lipinski definition) is 1. The number of benzene rings is 1. The highest BCUT2D eigenvalue weighted by Gasteiger charge is 2.06. The molecule has 1 aromatic carbocycles. The van der Waals surface area contributed by atoms with E-state index >= 15 is 0 Å². The van der Waals surface area contributed by atoms with Gasteiger partial charge in [0.25, 0.3) is 0 Å². The zero-order valence-electron chi connectivity index (χ0n) is 11.4. The van der Waals surface area contributed by atoms with Gasteiger partial charge >= 0.3 is 0 Å². The lowest BCUT2D eigenvalue weighted by atomic mass is 10.2. The van der Waals surface area contributed by atoms with E-state index in [1.165, 1.54) is 24.8 Å². The molecule has 0 amide bonds. The summed E-state index contributed by atoms with van der Waals surface area (Å²) in [6, 6.07) is 10.2. The second kappa shape index (κ2) is 7.69. The SMILES string of the molecule is CCCCCNCc1nnc(Cc2ccccc2)o1. The maximum Gasteiger partial charge on any atom is 0.230 e. The van der Waals surface area contributed by atoms with Gasteiger partial charge in [-0.25, -0.2) is 0 Å². The van der Waals surface area contributed by atoms with Crippen molar-refractivity contribution in [1.82, 2.24) is 15.5 Å². The van der Waals surface area contributed by atoms with Crippen LogP contribution in [0.4, 0.5) is 0 Å². The third-order valence-corrected chi connectivity index (χ3v) is 2.94. The summed E-state index contributed by atoms with van der Waals surface area (Å²) in [5, 5.41) is 11.4. The summed E-state index contributed by atoms with van der Waals surface area (Å²) in [7, 11) is 0. The molecule has 102 valence electrons. The second-order valence-electron chi connectivity index (χ2n) is 4.64. The van der Waals surface area contributed by atoms with Gasteiger partial charge in [0.05, 0.1) is 13.0 Å². The molecule has 0 spiro atoms. The lowest BCUT2D eigenvalue weighted by Crippen LogP contribution is -2.14. The molecule has 0 unspecified atom stereocenters. The Hall–Kier alpha value is -1.68. The lowest BCUT2D eigenvalue weighted by molar-refractivity contribution is 0.436. The van der Waals surface area contributed by atoms with E-state index in [0.717, 1.165) is 6.54 Å². The molecule has 1 N–H and O–H groups in total. The van der Waals surface area contributed by atoms with Crippen molar-refractivity contribution < 1.29 is 4.42 Å². The van der Waals surface area contributed by atoms with Gasteiger partial charge < -0.3 is 9.73 Å². The third-order valence-electron chi connectivity index (χ3n) is 2.94. The molecular formula is C15H21N3O. The van der Waals surface area contributed by atoms with Crippen molar-refractivity contribution in [3.05, 3.63) is 47.7 Å². The van der Waals surface area contributed by atoms with E-state index in [2.05, 4.69) is 34.6 Å². The monoisotopic (exact) mass is 259 g/mol. The fourth-order valence-corrected chi connectivity index (χ4v) is 1.90. The molecule has 1 aromatic heterocycles. The summed E-state index contributed by atoms with van der Waals surface area (Å²) in [6.07, 6.45) is 4.39. The van der Waals surface area contributed by atoms with E-state index in [4.69, 9.17) is 4.42 Å². The molecule has 1 heterocycles. The third kappa shape index (κ3) is 4.83. The average molecular weight is 259 g/mol. The summed E-state index contributed by atoms with van der Waals surface area (Å²) in [4.78, 5) is 0. The van der Waals surface area contributed by atoms with E-state index < -0.39 is 0 Å². The minimum absolute atomic E-state index is 0.658. The largest absolute Gasteiger partial charge is 0.424 e. The maximum absolute atomic E-state index is 5.61. The van der Waals surface area contributed by atoms with Crippen LogP contribution in [0.5, 0.6) is 0 Å². The topological polar surface area (TPSA) is 51.0 Å². The molecule has 0 bridgehead atoms. The molecule has 0 aliphatic heterocycles. The molecular weight excluding hydrogens is 238 g/mol. The molecule has 0 fully saturated rings. The summed E-state index contributed by atoms with van der Waals surface area (Å²) in [6.45, 7) is 3.86. The Morgan fingerprint density at radius 2 is 1.84 bits per heavy atom. The van der Waals surface area contributed by atoms with Gasteiger partial charge in [-0.15, -0.1) is 10.2 Å². The average Bonchev–Trinajstić information content (AvgIpc) is 2.87. The zero-order valence-corrected chi connectivity index (χ0v) is 11.4. The number of nitrogens with one attached hydrogen (secondary N) is 1. The lowest BCUT2D eigenvalue weighted by Gasteiger charge is -1.99. The molecule has 0 saturated heterocycles. The van der Waals surface area contributed by atoms with Crippen LogP contribution in [0.2, 0.25) is 0 Å². The van der Waals surface area contributed by atoms with Gasteiger partial charge in [-0.3, -0.25) is 0 Å². The molecule has 4 heteroatoms. The van der Waals surface area contributed by atoms with Gasteiger partial charge in [-0.1, -0.05) is 50.1 Å². The number of nitrogens with zero attached hydrogens (tertiary/aromatic N) is 2. The normalized spacial score (nSPS) is 10.8. The van der Waals surface area contributed by atoms with Crippen LogP contribution in [-0.2, 0) is 13.0 Å². The van der Waals surface area contributed by atoms with Gasteiger partial charge in [0.2, 0.25) is 11.8 Å². The van der Waals surface area contributed by atoms with Crippen molar-refractivity contribution in [3.8, 4) is 0 Å². The zero-order chi connectivity index (χ0) is 13.3. The van der Waals surface area contributed by atoms with Crippen molar-refractivity contribution >= 4 is 0 Å². The highest BCUT2D eigenvalue weighted by molar-refractivity contribution is 5.17. The fourth-order valence-electron chi connectivity index (χ4n) is 1.90. The number of hydrogen-bond acceptors (Lipinski definition) is 4. The predicted molar refractivity (Wildman–Crippen MR) is 74.8 cm³/mol. The standard InChI is InChI=1S/C15H21N3O/c1-2-3-7-10-16-12-15-18-17-14(19-15)11-13-8-5-4-6-9-13/h4-6,8-9,16H,2-3,7,10-12H2,1H3. The first kappa shape index (κ1) is 13.7. The fraction of sp³-hybridized carbons (Fsp3) is 0.467. The minimum atomic E-state index is 0.658. The van der Waals surface area contributed by atoms with Crippen LogP contribution < -0.4 is 5.32 Å². The first-order valence-corrected chi connectivity index (χ1v) is 6.94. The van der Waals surface area contributed by atoms with E-state index in [-0.39, 0.29) is 0 Å². The van der Waals surface area contributed by atoms with Crippen LogP contribution in [-0.4, -0.2) is 16.7 Å². The Morgan fingerprint density at radius 3 is 2.63 bits per heavy atom. The quantitative estimate of drug-likeness (QED) is 0.740. The summed E-state index contributed by atoms with van der Waals surface area (Å²) >= 11 is 0. The number of unbranched alkanes of at least 4 members (excludes halogenated alkanes) is 2. The van der Waals surface area contributed by atoms with Crippen LogP contribution in [0.25, 0.3) is 0 Å². The Kier molecular flexibility index (Phi) is 5.56. The van der Waals surface area contributed by atoms with Crippen LogP contribution in [0.15, 0.2) is 34.7 Å². The smallest absolute Gasteiger partial charge is 0.230 e.